The van der Waals surface area contributed by atoms with Gasteiger partial charge in [0.2, 0.25) is 0 Å². The van der Waals surface area contributed by atoms with Gasteiger partial charge < -0.3 is 10.1 Å². The van der Waals surface area contributed by atoms with Gasteiger partial charge in [-0.05, 0) is 37.8 Å². The molecule has 1 saturated heterocycles. The van der Waals surface area contributed by atoms with Crippen LogP contribution in [0, 0.1) is 12.8 Å². The summed E-state index contributed by atoms with van der Waals surface area (Å²) in [6.07, 6.45) is 6.08. The zero-order valence-electron chi connectivity index (χ0n) is 10.4. The number of ether oxygens (including phenoxy) is 1. The Bertz CT molecular complexity index is 372. The third kappa shape index (κ3) is 2.67. The van der Waals surface area contributed by atoms with Crippen molar-refractivity contribution in [3.8, 4) is 0 Å². The molecule has 0 spiro atoms. The molecular weight excluding hydrogens is 212 g/mol. The van der Waals surface area contributed by atoms with Crippen LogP contribution in [-0.4, -0.2) is 24.2 Å². The molecule has 0 amide bonds. The van der Waals surface area contributed by atoms with E-state index in [4.69, 9.17) is 4.74 Å². The van der Waals surface area contributed by atoms with E-state index in [0.717, 1.165) is 31.3 Å². The second-order valence-electron chi connectivity index (χ2n) is 5.26. The average Bonchev–Trinajstić information content (AvgIpc) is 3.06. The fraction of sp³-hybridized carbons (Fsp3) is 0.643. The highest BCUT2D eigenvalue weighted by molar-refractivity contribution is 5.17. The Kier molecular flexibility index (Phi) is 3.12. The topological polar surface area (TPSA) is 34.1 Å². The lowest BCUT2D eigenvalue weighted by molar-refractivity contribution is 0.0901. The van der Waals surface area contributed by atoms with E-state index in [2.05, 4.69) is 22.4 Å². The number of hydrogen-bond donors (Lipinski definition) is 1. The van der Waals surface area contributed by atoms with Crippen LogP contribution < -0.4 is 5.32 Å². The van der Waals surface area contributed by atoms with Gasteiger partial charge in [-0.2, -0.15) is 0 Å². The molecule has 3 rings (SSSR count). The first-order valence-electron chi connectivity index (χ1n) is 6.60. The Morgan fingerprint density at radius 2 is 2.24 bits per heavy atom. The number of aromatic nitrogens is 1. The van der Waals surface area contributed by atoms with Crippen molar-refractivity contribution in [1.82, 2.24) is 10.3 Å². The maximum atomic E-state index is 5.86. The van der Waals surface area contributed by atoms with Crippen LogP contribution in [0.25, 0.3) is 0 Å². The fourth-order valence-electron chi connectivity index (χ4n) is 2.46. The highest BCUT2D eigenvalue weighted by Crippen LogP contribution is 2.34. The standard InChI is InChI=1S/C14H20N2O/c1-10-2-3-11(8-15-10)14-12(6-7-17-14)9-16-13-4-5-13/h2-3,8,12-14,16H,4-7,9H2,1H3. The first-order chi connectivity index (χ1) is 8.33. The number of aryl methyl sites for hydroxylation is 1. The van der Waals surface area contributed by atoms with E-state index >= 15 is 0 Å². The largest absolute Gasteiger partial charge is 0.373 e. The molecule has 2 fully saturated rings. The average molecular weight is 232 g/mol. The highest BCUT2D eigenvalue weighted by Gasteiger charge is 2.31. The molecule has 0 radical (unpaired) electrons. The predicted molar refractivity (Wildman–Crippen MR) is 66.8 cm³/mol. The summed E-state index contributed by atoms with van der Waals surface area (Å²) >= 11 is 0. The molecule has 3 heteroatoms. The summed E-state index contributed by atoms with van der Waals surface area (Å²) in [5.74, 6) is 0.611. The zero-order valence-corrected chi connectivity index (χ0v) is 10.4. The van der Waals surface area contributed by atoms with Gasteiger partial charge in [-0.3, -0.25) is 4.98 Å². The summed E-state index contributed by atoms with van der Waals surface area (Å²) in [6.45, 7) is 3.99. The lowest BCUT2D eigenvalue weighted by atomic mass is 9.96. The lowest BCUT2D eigenvalue weighted by Gasteiger charge is -2.19. The summed E-state index contributed by atoms with van der Waals surface area (Å²) in [5, 5.41) is 3.61. The van der Waals surface area contributed by atoms with Gasteiger partial charge in [0.1, 0.15) is 0 Å². The quantitative estimate of drug-likeness (QED) is 0.864. The summed E-state index contributed by atoms with van der Waals surface area (Å²) in [5.41, 5.74) is 2.30. The van der Waals surface area contributed by atoms with E-state index in [0.29, 0.717) is 5.92 Å². The third-order valence-corrected chi connectivity index (χ3v) is 3.72. The van der Waals surface area contributed by atoms with Crippen molar-refractivity contribution in [2.75, 3.05) is 13.2 Å². The van der Waals surface area contributed by atoms with Crippen molar-refractivity contribution >= 4 is 0 Å². The molecule has 1 aliphatic carbocycles. The number of pyridine rings is 1. The molecule has 1 N–H and O–H groups in total. The van der Waals surface area contributed by atoms with E-state index < -0.39 is 0 Å². The van der Waals surface area contributed by atoms with Gasteiger partial charge >= 0.3 is 0 Å². The molecule has 2 heterocycles. The molecule has 17 heavy (non-hydrogen) atoms. The third-order valence-electron chi connectivity index (χ3n) is 3.72. The fourth-order valence-corrected chi connectivity index (χ4v) is 2.46. The number of hydrogen-bond acceptors (Lipinski definition) is 3. The monoisotopic (exact) mass is 232 g/mol. The summed E-state index contributed by atoms with van der Waals surface area (Å²) in [4.78, 5) is 4.37. The van der Waals surface area contributed by atoms with E-state index in [9.17, 15) is 0 Å². The molecule has 0 aromatic carbocycles. The molecule has 1 aromatic rings. The molecule has 2 atom stereocenters. The molecular formula is C14H20N2O. The van der Waals surface area contributed by atoms with E-state index in [-0.39, 0.29) is 6.10 Å². The molecule has 0 bridgehead atoms. The Balaban J connectivity index is 1.65. The van der Waals surface area contributed by atoms with Crippen LogP contribution in [0.2, 0.25) is 0 Å². The molecule has 1 aromatic heterocycles. The minimum Gasteiger partial charge on any atom is -0.373 e. The van der Waals surface area contributed by atoms with Gasteiger partial charge in [-0.15, -0.1) is 0 Å². The van der Waals surface area contributed by atoms with E-state index in [1.54, 1.807) is 0 Å². The smallest absolute Gasteiger partial charge is 0.0880 e. The van der Waals surface area contributed by atoms with Crippen molar-refractivity contribution in [3.63, 3.8) is 0 Å². The molecule has 2 unspecified atom stereocenters. The zero-order chi connectivity index (χ0) is 11.7. The van der Waals surface area contributed by atoms with Crippen molar-refractivity contribution in [3.05, 3.63) is 29.6 Å². The minimum atomic E-state index is 0.245. The van der Waals surface area contributed by atoms with Gasteiger partial charge in [-0.25, -0.2) is 0 Å². The maximum Gasteiger partial charge on any atom is 0.0880 e. The molecule has 92 valence electrons. The van der Waals surface area contributed by atoms with Crippen LogP contribution >= 0.6 is 0 Å². The van der Waals surface area contributed by atoms with E-state index in [1.807, 2.05) is 13.1 Å². The summed E-state index contributed by atoms with van der Waals surface area (Å²) in [6, 6.07) is 5.01. The van der Waals surface area contributed by atoms with Gasteiger partial charge in [0.25, 0.3) is 0 Å². The Labute approximate surface area is 103 Å². The van der Waals surface area contributed by atoms with Crippen LogP contribution in [0.5, 0.6) is 0 Å². The Morgan fingerprint density at radius 1 is 1.35 bits per heavy atom. The van der Waals surface area contributed by atoms with Gasteiger partial charge in [0, 0.05) is 37.0 Å². The Morgan fingerprint density at radius 3 is 2.94 bits per heavy atom. The van der Waals surface area contributed by atoms with Crippen LogP contribution in [-0.2, 0) is 4.74 Å². The van der Waals surface area contributed by atoms with Gasteiger partial charge in [0.05, 0.1) is 6.10 Å². The maximum absolute atomic E-state index is 5.86. The van der Waals surface area contributed by atoms with Crippen LogP contribution in [0.4, 0.5) is 0 Å². The molecule has 1 aliphatic heterocycles. The normalized spacial score (nSPS) is 28.5. The van der Waals surface area contributed by atoms with E-state index in [1.165, 1.54) is 18.4 Å². The number of nitrogens with one attached hydrogen (secondary N) is 1. The van der Waals surface area contributed by atoms with Crippen molar-refractivity contribution in [2.45, 2.75) is 38.3 Å². The number of nitrogens with zero attached hydrogens (tertiary/aromatic N) is 1. The minimum absolute atomic E-state index is 0.245. The van der Waals surface area contributed by atoms with Crippen molar-refractivity contribution in [2.24, 2.45) is 5.92 Å². The van der Waals surface area contributed by atoms with Gasteiger partial charge in [0.15, 0.2) is 0 Å². The van der Waals surface area contributed by atoms with Crippen LogP contribution in [0.3, 0.4) is 0 Å². The second kappa shape index (κ2) is 4.75. The molecule has 3 nitrogen and oxygen atoms in total. The SMILES string of the molecule is Cc1ccc(C2OCCC2CNC2CC2)cn1. The Hall–Kier alpha value is -0.930. The number of rotatable bonds is 4. The van der Waals surface area contributed by atoms with Gasteiger partial charge in [-0.1, -0.05) is 6.07 Å². The first-order valence-corrected chi connectivity index (χ1v) is 6.60. The summed E-state index contributed by atoms with van der Waals surface area (Å²) in [7, 11) is 0. The summed E-state index contributed by atoms with van der Waals surface area (Å²) < 4.78 is 5.86. The second-order valence-corrected chi connectivity index (χ2v) is 5.26. The first kappa shape index (κ1) is 11.2. The van der Waals surface area contributed by atoms with Crippen LogP contribution in [0.1, 0.15) is 36.6 Å². The molecule has 1 saturated carbocycles. The molecule has 2 aliphatic rings. The highest BCUT2D eigenvalue weighted by atomic mass is 16.5. The van der Waals surface area contributed by atoms with Crippen molar-refractivity contribution in [1.29, 1.82) is 0 Å². The predicted octanol–water partition coefficient (Wildman–Crippen LogP) is 2.22. The van der Waals surface area contributed by atoms with Crippen molar-refractivity contribution < 1.29 is 4.74 Å². The van der Waals surface area contributed by atoms with Crippen LogP contribution in [0.15, 0.2) is 18.3 Å². The lowest BCUT2D eigenvalue weighted by Crippen LogP contribution is -2.26.